The van der Waals surface area contributed by atoms with E-state index in [-0.39, 0.29) is 24.2 Å². The molecular weight excluding hydrogens is 433 g/mol. The second-order valence-corrected chi connectivity index (χ2v) is 9.21. The van der Waals surface area contributed by atoms with Crippen LogP contribution in [0.2, 0.25) is 5.02 Å². The fraction of sp³-hybridized carbons (Fsp3) is 0.500. The minimum absolute atomic E-state index is 0.0763. The van der Waals surface area contributed by atoms with Crippen LogP contribution in [0.3, 0.4) is 0 Å². The number of anilines is 3. The van der Waals surface area contributed by atoms with Crippen LogP contribution in [0.4, 0.5) is 21.6 Å². The largest absolute Gasteiger partial charge is 0.481 e. The molecule has 1 unspecified atom stereocenters. The summed E-state index contributed by atoms with van der Waals surface area (Å²) in [5.74, 6) is -0.766. The quantitative estimate of drug-likeness (QED) is 0.486. The molecule has 8 heteroatoms. The maximum absolute atomic E-state index is 15.7. The van der Waals surface area contributed by atoms with Gasteiger partial charge in [-0.1, -0.05) is 32.4 Å². The van der Waals surface area contributed by atoms with Gasteiger partial charge in [0.25, 0.3) is 0 Å². The molecule has 6 nitrogen and oxygen atoms in total. The van der Waals surface area contributed by atoms with Gasteiger partial charge in [-0.05, 0) is 54.5 Å². The molecule has 0 bridgehead atoms. The van der Waals surface area contributed by atoms with Crippen LogP contribution in [0.15, 0.2) is 30.5 Å². The van der Waals surface area contributed by atoms with Crippen LogP contribution in [-0.4, -0.2) is 41.9 Å². The van der Waals surface area contributed by atoms with Crippen LogP contribution in [0.5, 0.6) is 0 Å². The van der Waals surface area contributed by atoms with Gasteiger partial charge in [0.05, 0.1) is 22.8 Å². The molecule has 2 N–H and O–H groups in total. The lowest BCUT2D eigenvalue weighted by Gasteiger charge is -2.38. The van der Waals surface area contributed by atoms with Crippen molar-refractivity contribution in [2.24, 2.45) is 5.92 Å². The molecule has 174 valence electrons. The third kappa shape index (κ3) is 6.33. The van der Waals surface area contributed by atoms with Crippen LogP contribution in [0.25, 0.3) is 0 Å². The van der Waals surface area contributed by atoms with E-state index in [2.05, 4.69) is 29.0 Å². The van der Waals surface area contributed by atoms with E-state index >= 15 is 4.39 Å². The molecule has 32 heavy (non-hydrogen) atoms. The molecule has 0 saturated carbocycles. The standard InChI is InChI=1S/C24H31ClFN3O3/c1-15(2)14-29(19-6-8-32-9-7-19)24-20(26)11-17(16(3)10-23(30)31)12-21(24)28-22-5-4-18(25)13-27-22/h4-5,11-13,15-16,19H,6-10,14H2,1-3H3,(H,27,28)(H,30,31). The molecule has 0 radical (unpaired) electrons. The van der Waals surface area contributed by atoms with Crippen LogP contribution < -0.4 is 10.2 Å². The minimum atomic E-state index is -0.917. The molecule has 1 atom stereocenters. The number of hydrogen-bond donors (Lipinski definition) is 2. The maximum atomic E-state index is 15.7. The molecule has 2 heterocycles. The molecule has 1 fully saturated rings. The number of ether oxygens (including phenoxy) is 1. The van der Waals surface area contributed by atoms with E-state index in [1.165, 1.54) is 12.3 Å². The van der Waals surface area contributed by atoms with Gasteiger partial charge in [0.2, 0.25) is 0 Å². The van der Waals surface area contributed by atoms with Crippen molar-refractivity contribution in [1.29, 1.82) is 0 Å². The number of benzene rings is 1. The van der Waals surface area contributed by atoms with Crippen molar-refractivity contribution in [1.82, 2.24) is 4.98 Å². The second-order valence-electron chi connectivity index (χ2n) is 8.77. The summed E-state index contributed by atoms with van der Waals surface area (Å²) in [7, 11) is 0. The Bertz CT molecular complexity index is 917. The number of carboxylic acid groups (broad SMARTS) is 1. The number of halogens is 2. The maximum Gasteiger partial charge on any atom is 0.303 e. The normalized spacial score (nSPS) is 15.6. The van der Waals surface area contributed by atoms with Gasteiger partial charge >= 0.3 is 5.97 Å². The van der Waals surface area contributed by atoms with Gasteiger partial charge in [0, 0.05) is 32.0 Å². The Hall–Kier alpha value is -2.38. The number of pyridine rings is 1. The van der Waals surface area contributed by atoms with E-state index < -0.39 is 5.97 Å². The monoisotopic (exact) mass is 463 g/mol. The molecule has 1 aliphatic rings. The minimum Gasteiger partial charge on any atom is -0.481 e. The summed E-state index contributed by atoms with van der Waals surface area (Å²) in [5, 5.41) is 13.0. The van der Waals surface area contributed by atoms with Crippen molar-refractivity contribution in [2.45, 2.75) is 52.0 Å². The zero-order chi connectivity index (χ0) is 23.3. The molecule has 1 aliphatic heterocycles. The van der Waals surface area contributed by atoms with Crippen molar-refractivity contribution in [3.8, 4) is 0 Å². The van der Waals surface area contributed by atoms with Gasteiger partial charge < -0.3 is 20.1 Å². The van der Waals surface area contributed by atoms with E-state index in [9.17, 15) is 9.90 Å². The topological polar surface area (TPSA) is 74.7 Å². The van der Waals surface area contributed by atoms with E-state index in [0.717, 1.165) is 12.8 Å². The van der Waals surface area contributed by atoms with Crippen LogP contribution in [0.1, 0.15) is 51.5 Å². The molecule has 3 rings (SSSR count). The highest BCUT2D eigenvalue weighted by Crippen LogP contribution is 2.38. The van der Waals surface area contributed by atoms with Gasteiger partial charge in [-0.25, -0.2) is 9.37 Å². The summed E-state index contributed by atoms with van der Waals surface area (Å²) >= 11 is 5.97. The predicted octanol–water partition coefficient (Wildman–Crippen LogP) is 5.84. The Morgan fingerprint density at radius 1 is 1.31 bits per heavy atom. The summed E-state index contributed by atoms with van der Waals surface area (Å²) in [4.78, 5) is 17.7. The number of nitrogens with zero attached hydrogens (tertiary/aromatic N) is 2. The lowest BCUT2D eigenvalue weighted by Crippen LogP contribution is -2.42. The van der Waals surface area contributed by atoms with Crippen LogP contribution in [-0.2, 0) is 9.53 Å². The van der Waals surface area contributed by atoms with E-state index in [4.69, 9.17) is 16.3 Å². The van der Waals surface area contributed by atoms with Crippen molar-refractivity contribution < 1.29 is 19.0 Å². The summed E-state index contributed by atoms with van der Waals surface area (Å²) < 4.78 is 21.3. The summed E-state index contributed by atoms with van der Waals surface area (Å²) in [6, 6.07) is 6.92. The Balaban J connectivity index is 2.07. The van der Waals surface area contributed by atoms with Gasteiger partial charge in [-0.3, -0.25) is 4.79 Å². The zero-order valence-corrected chi connectivity index (χ0v) is 19.5. The number of aromatic nitrogens is 1. The van der Waals surface area contributed by atoms with Crippen molar-refractivity contribution in [3.05, 3.63) is 46.9 Å². The third-order valence-electron chi connectivity index (χ3n) is 5.61. The number of carbonyl (C=O) groups is 1. The average molecular weight is 464 g/mol. The Morgan fingerprint density at radius 3 is 2.62 bits per heavy atom. The highest BCUT2D eigenvalue weighted by atomic mass is 35.5. The highest BCUT2D eigenvalue weighted by Gasteiger charge is 2.28. The lowest BCUT2D eigenvalue weighted by molar-refractivity contribution is -0.137. The number of hydrogen-bond acceptors (Lipinski definition) is 5. The first-order chi connectivity index (χ1) is 15.2. The Labute approximate surface area is 193 Å². The van der Waals surface area contributed by atoms with Crippen molar-refractivity contribution >= 4 is 34.8 Å². The fourth-order valence-electron chi connectivity index (χ4n) is 4.07. The summed E-state index contributed by atoms with van der Waals surface area (Å²) in [6.45, 7) is 8.00. The molecule has 1 aromatic carbocycles. The van der Waals surface area contributed by atoms with E-state index in [0.29, 0.717) is 53.5 Å². The van der Waals surface area contributed by atoms with Gasteiger partial charge in [0.15, 0.2) is 0 Å². The molecule has 0 amide bonds. The number of carboxylic acids is 1. The van der Waals surface area contributed by atoms with Crippen LogP contribution >= 0.6 is 11.6 Å². The first-order valence-corrected chi connectivity index (χ1v) is 11.4. The predicted molar refractivity (Wildman–Crippen MR) is 126 cm³/mol. The SMILES string of the molecule is CC(C)CN(c1c(F)cc(C(C)CC(=O)O)cc1Nc1ccc(Cl)cn1)C1CCOCC1. The highest BCUT2D eigenvalue weighted by molar-refractivity contribution is 6.30. The van der Waals surface area contributed by atoms with Gasteiger partial charge in [-0.2, -0.15) is 0 Å². The van der Waals surface area contributed by atoms with E-state index in [1.54, 1.807) is 19.1 Å². The number of aliphatic carboxylic acids is 1. The molecular formula is C24H31ClFN3O3. The Morgan fingerprint density at radius 2 is 2.03 bits per heavy atom. The molecule has 0 aliphatic carbocycles. The first kappa shape index (κ1) is 24.3. The first-order valence-electron chi connectivity index (χ1n) is 11.0. The third-order valence-corrected chi connectivity index (χ3v) is 5.83. The zero-order valence-electron chi connectivity index (χ0n) is 18.8. The molecule has 2 aromatic rings. The van der Waals surface area contributed by atoms with Crippen molar-refractivity contribution in [3.63, 3.8) is 0 Å². The summed E-state index contributed by atoms with van der Waals surface area (Å²) in [5.41, 5.74) is 1.68. The second kappa shape index (κ2) is 11.0. The number of nitrogens with one attached hydrogen (secondary N) is 1. The molecule has 1 saturated heterocycles. The van der Waals surface area contributed by atoms with Gasteiger partial charge in [0.1, 0.15) is 11.6 Å². The Kier molecular flexibility index (Phi) is 8.32. The average Bonchev–Trinajstić information content (AvgIpc) is 2.74. The van der Waals surface area contributed by atoms with E-state index in [1.807, 2.05) is 6.07 Å². The smallest absolute Gasteiger partial charge is 0.303 e. The number of rotatable bonds is 9. The van der Waals surface area contributed by atoms with Crippen molar-refractivity contribution in [2.75, 3.05) is 30.0 Å². The molecule has 0 spiro atoms. The molecule has 1 aromatic heterocycles. The summed E-state index contributed by atoms with van der Waals surface area (Å²) in [6.07, 6.45) is 3.10. The van der Waals surface area contributed by atoms with Crippen LogP contribution in [0, 0.1) is 11.7 Å². The lowest BCUT2D eigenvalue weighted by atomic mass is 9.95. The fourth-order valence-corrected chi connectivity index (χ4v) is 4.18. The van der Waals surface area contributed by atoms with Gasteiger partial charge in [-0.15, -0.1) is 0 Å².